The van der Waals surface area contributed by atoms with Crippen LogP contribution in [-0.4, -0.2) is 32.8 Å². The summed E-state index contributed by atoms with van der Waals surface area (Å²) in [6.07, 6.45) is 0. The van der Waals surface area contributed by atoms with Crippen LogP contribution < -0.4 is 5.46 Å². The lowest BCUT2D eigenvalue weighted by Gasteiger charge is -2.43. The van der Waals surface area contributed by atoms with Crippen LogP contribution in [0.1, 0.15) is 0 Å². The Bertz CT molecular complexity index is 488. The maximum atomic E-state index is 6.26. The summed E-state index contributed by atoms with van der Waals surface area (Å²) in [6, 6.07) is 8.00. The molecule has 0 aliphatic carbocycles. The molecule has 0 aromatic heterocycles. The van der Waals surface area contributed by atoms with Gasteiger partial charge in [0.05, 0.1) is 0 Å². The predicted molar refractivity (Wildman–Crippen MR) is 96.3 cm³/mol. The third-order valence-corrected chi connectivity index (χ3v) is 12.9. The van der Waals surface area contributed by atoms with E-state index < -0.39 is 32.8 Å². The summed E-state index contributed by atoms with van der Waals surface area (Å²) in [5.41, 5.74) is 0.993. The molecule has 0 amide bonds. The van der Waals surface area contributed by atoms with Gasteiger partial charge in [-0.25, -0.2) is 0 Å². The molecule has 9 heteroatoms. The molecule has 0 spiro atoms. The van der Waals surface area contributed by atoms with Crippen LogP contribution in [0.25, 0.3) is 0 Å². The van der Waals surface area contributed by atoms with Gasteiger partial charge in [-0.15, -0.1) is 0 Å². The number of hydrogen-bond acceptors (Lipinski definition) is 4. The predicted octanol–water partition coefficient (Wildman–Crippen LogP) is 3.33. The van der Waals surface area contributed by atoms with Crippen LogP contribution in [0, 0.1) is 0 Å². The van der Waals surface area contributed by atoms with Gasteiger partial charge in [0.15, 0.2) is 0 Å². The van der Waals surface area contributed by atoms with Crippen molar-refractivity contribution in [3.8, 4) is 0 Å². The fourth-order valence-electron chi connectivity index (χ4n) is 2.55. The van der Waals surface area contributed by atoms with Gasteiger partial charge in [-0.05, 0) is 56.9 Å². The van der Waals surface area contributed by atoms with Crippen molar-refractivity contribution in [2.24, 2.45) is 0 Å². The van der Waals surface area contributed by atoms with E-state index in [0.717, 1.165) is 9.94 Å². The highest BCUT2D eigenvalue weighted by Crippen LogP contribution is 2.26. The Labute approximate surface area is 139 Å². The van der Waals surface area contributed by atoms with Crippen molar-refractivity contribution >= 4 is 54.2 Å². The summed E-state index contributed by atoms with van der Waals surface area (Å²) in [4.78, 5) is 0. The second-order valence-electron chi connectivity index (χ2n) is 6.52. The van der Waals surface area contributed by atoms with Gasteiger partial charge in [0.25, 0.3) is 0 Å². The first-order valence-corrected chi connectivity index (χ1v) is 16.2. The normalized spacial score (nSPS) is 24.2. The molecule has 21 heavy (non-hydrogen) atoms. The fraction of sp³-hybridized carbons (Fsp3) is 0.500. The summed E-state index contributed by atoms with van der Waals surface area (Å²) < 4.78 is 26.0. The molecule has 1 aromatic carbocycles. The minimum Gasteiger partial charge on any atom is -0.430 e. The fourth-order valence-corrected chi connectivity index (χ4v) is 14.7. The van der Waals surface area contributed by atoms with Crippen molar-refractivity contribution in [1.29, 1.82) is 0 Å². The molecule has 0 saturated carbocycles. The summed E-state index contributed by atoms with van der Waals surface area (Å²) >= 11 is 3.45. The van der Waals surface area contributed by atoms with Crippen molar-refractivity contribution in [2.75, 3.05) is 0 Å². The Morgan fingerprint density at radius 2 is 1.19 bits per heavy atom. The molecule has 4 nitrogen and oxygen atoms in total. The lowest BCUT2D eigenvalue weighted by Crippen LogP contribution is -2.63. The van der Waals surface area contributed by atoms with E-state index in [4.69, 9.17) is 16.9 Å². The third kappa shape index (κ3) is 5.14. The van der Waals surface area contributed by atoms with Gasteiger partial charge in [-0.2, -0.15) is 0 Å². The highest BCUT2D eigenvalue weighted by molar-refractivity contribution is 9.10. The molecule has 1 aliphatic heterocycles. The molecule has 1 saturated heterocycles. The van der Waals surface area contributed by atoms with Crippen LogP contribution >= 0.6 is 15.9 Å². The number of halogens is 1. The standard InChI is InChI=1S/C12H22BBrO4Si3/c1-19(2)15-13(11-7-9-12(14)10-8-11)16-20(3,4)18-21(5,6)17-19/h7-10H,1-6H3. The highest BCUT2D eigenvalue weighted by Gasteiger charge is 2.48. The van der Waals surface area contributed by atoms with Gasteiger partial charge in [0.2, 0.25) is 0 Å². The Kier molecular flexibility index (Phi) is 5.07. The van der Waals surface area contributed by atoms with Gasteiger partial charge in [-0.1, -0.05) is 28.1 Å². The zero-order chi connectivity index (χ0) is 15.9. The van der Waals surface area contributed by atoms with Crippen molar-refractivity contribution in [3.63, 3.8) is 0 Å². The maximum absolute atomic E-state index is 6.26. The van der Waals surface area contributed by atoms with E-state index in [-0.39, 0.29) is 0 Å². The second kappa shape index (κ2) is 6.04. The topological polar surface area (TPSA) is 36.9 Å². The van der Waals surface area contributed by atoms with Crippen molar-refractivity contribution in [3.05, 3.63) is 28.7 Å². The molecule has 0 bridgehead atoms. The monoisotopic (exact) mass is 404 g/mol. The molecule has 0 atom stereocenters. The number of benzene rings is 1. The number of rotatable bonds is 1. The van der Waals surface area contributed by atoms with E-state index in [0.29, 0.717) is 0 Å². The van der Waals surface area contributed by atoms with Gasteiger partial charge >= 0.3 is 32.8 Å². The second-order valence-corrected chi connectivity index (χ2v) is 17.9. The summed E-state index contributed by atoms with van der Waals surface area (Å²) in [7, 11) is -7.26. The maximum Gasteiger partial charge on any atom is 0.475 e. The molecular formula is C12H22BBrO4Si3. The van der Waals surface area contributed by atoms with E-state index in [9.17, 15) is 0 Å². The minimum absolute atomic E-state index is 0.425. The van der Waals surface area contributed by atoms with Crippen LogP contribution in [0.15, 0.2) is 28.7 Å². The van der Waals surface area contributed by atoms with Crippen LogP contribution in [0.2, 0.25) is 39.3 Å². The average Bonchev–Trinajstić information content (AvgIpc) is 2.23. The van der Waals surface area contributed by atoms with Crippen LogP contribution in [0.3, 0.4) is 0 Å². The Morgan fingerprint density at radius 3 is 1.62 bits per heavy atom. The first-order valence-electron chi connectivity index (χ1n) is 7.00. The van der Waals surface area contributed by atoms with Crippen LogP contribution in [-0.2, 0) is 16.9 Å². The van der Waals surface area contributed by atoms with E-state index in [2.05, 4.69) is 29.0 Å². The lowest BCUT2D eigenvalue weighted by atomic mass is 9.80. The molecular weight excluding hydrogens is 383 g/mol. The average molecular weight is 405 g/mol. The highest BCUT2D eigenvalue weighted by atomic mass is 79.9. The smallest absolute Gasteiger partial charge is 0.430 e. The van der Waals surface area contributed by atoms with Gasteiger partial charge < -0.3 is 16.9 Å². The number of hydrogen-bond donors (Lipinski definition) is 0. The molecule has 0 unspecified atom stereocenters. The molecule has 0 N–H and O–H groups in total. The summed E-state index contributed by atoms with van der Waals surface area (Å²) in [6.45, 7) is 12.3. The molecule has 1 fully saturated rings. The Morgan fingerprint density at radius 1 is 0.762 bits per heavy atom. The van der Waals surface area contributed by atoms with E-state index in [1.807, 2.05) is 50.5 Å². The zero-order valence-corrected chi connectivity index (χ0v) is 18.0. The SMILES string of the molecule is C[Si]1(C)OB(c2ccc(Br)cc2)O[Si](C)(C)O[Si](C)(C)O1. The quantitative estimate of drug-likeness (QED) is 0.672. The Hall–Kier alpha value is 0.256. The van der Waals surface area contributed by atoms with Crippen molar-refractivity contribution in [2.45, 2.75) is 39.3 Å². The zero-order valence-electron chi connectivity index (χ0n) is 13.4. The Balaban J connectivity index is 2.31. The molecule has 1 aliphatic rings. The van der Waals surface area contributed by atoms with E-state index in [1.165, 1.54) is 0 Å². The van der Waals surface area contributed by atoms with Gasteiger partial charge in [0.1, 0.15) is 0 Å². The van der Waals surface area contributed by atoms with Crippen molar-refractivity contribution in [1.82, 2.24) is 0 Å². The molecule has 0 radical (unpaired) electrons. The third-order valence-electron chi connectivity index (χ3n) is 2.91. The summed E-state index contributed by atoms with van der Waals surface area (Å²) in [5.74, 6) is 0. The summed E-state index contributed by atoms with van der Waals surface area (Å²) in [5, 5.41) is 0. The molecule has 116 valence electrons. The molecule has 1 aromatic rings. The largest absolute Gasteiger partial charge is 0.475 e. The van der Waals surface area contributed by atoms with Crippen LogP contribution in [0.5, 0.6) is 0 Å². The molecule has 1 heterocycles. The minimum atomic E-state index is -2.31. The van der Waals surface area contributed by atoms with E-state index in [1.54, 1.807) is 0 Å². The first-order chi connectivity index (χ1) is 9.48. The molecule has 2 rings (SSSR count). The van der Waals surface area contributed by atoms with E-state index >= 15 is 0 Å². The van der Waals surface area contributed by atoms with Gasteiger partial charge in [-0.3, -0.25) is 0 Å². The van der Waals surface area contributed by atoms with Gasteiger partial charge in [0, 0.05) is 4.47 Å². The first kappa shape index (κ1) is 17.6. The van der Waals surface area contributed by atoms with Crippen LogP contribution in [0.4, 0.5) is 0 Å². The lowest BCUT2D eigenvalue weighted by molar-refractivity contribution is 0.254. The van der Waals surface area contributed by atoms with Crippen molar-refractivity contribution < 1.29 is 16.9 Å².